The van der Waals surface area contributed by atoms with Crippen LogP contribution in [0.5, 0.6) is 0 Å². The van der Waals surface area contributed by atoms with Gasteiger partial charge in [0.15, 0.2) is 11.5 Å². The summed E-state index contributed by atoms with van der Waals surface area (Å²) in [5.74, 6) is 1.05. The van der Waals surface area contributed by atoms with Crippen LogP contribution in [0.2, 0.25) is 0 Å². The van der Waals surface area contributed by atoms with Crippen LogP contribution >= 0.6 is 0 Å². The average molecular weight is 370 g/mol. The molecule has 0 aliphatic rings. The molecule has 0 aliphatic carbocycles. The maximum atomic E-state index is 12.2. The molecule has 0 heterocycles. The third-order valence-corrected chi connectivity index (χ3v) is 4.89. The van der Waals surface area contributed by atoms with Crippen molar-refractivity contribution in [3.05, 3.63) is 35.4 Å². The van der Waals surface area contributed by atoms with Crippen LogP contribution in [0.3, 0.4) is 0 Å². The van der Waals surface area contributed by atoms with Crippen LogP contribution in [-0.2, 0) is 10.9 Å². The Bertz CT molecular complexity index is 528. The number of benzene rings is 1. The zero-order valence-corrected chi connectivity index (χ0v) is 13.9. The minimum absolute atomic E-state index is 0.00471. The van der Waals surface area contributed by atoms with E-state index in [1.807, 2.05) is 0 Å². The van der Waals surface area contributed by atoms with Crippen molar-refractivity contribution in [3.63, 3.8) is 0 Å². The Hall–Kier alpha value is -1.39. The van der Waals surface area contributed by atoms with Crippen molar-refractivity contribution < 1.29 is 37.1 Å². The zero-order chi connectivity index (χ0) is 18.8. The molecule has 1 aromatic rings. The van der Waals surface area contributed by atoms with Crippen molar-refractivity contribution in [1.29, 1.82) is 0 Å². The molecular weight excluding hydrogens is 351 g/mol. The van der Waals surface area contributed by atoms with Crippen LogP contribution in [0, 0.1) is 0 Å². The number of carbonyl (C=O) groups is 2. The van der Waals surface area contributed by atoms with Crippen molar-refractivity contribution in [2.24, 2.45) is 0 Å². The molecule has 10 heteroatoms. The van der Waals surface area contributed by atoms with Crippen LogP contribution in [0.1, 0.15) is 27.6 Å². The third-order valence-electron chi connectivity index (χ3n) is 2.70. The molecule has 1 aromatic carbocycles. The third kappa shape index (κ3) is 10.4. The molecule has 0 aliphatic heterocycles. The molecule has 0 radical (unpaired) electrons. The van der Waals surface area contributed by atoms with Crippen molar-refractivity contribution in [2.75, 3.05) is 30.5 Å². The lowest BCUT2D eigenvalue weighted by atomic mass is 10.0. The Kier molecular flexibility index (Phi) is 10.6. The molecule has 0 saturated heterocycles. The van der Waals surface area contributed by atoms with Crippen LogP contribution in [-0.4, -0.2) is 59.5 Å². The molecule has 2 N–H and O–H groups in total. The van der Waals surface area contributed by atoms with E-state index in [0.717, 1.165) is 0 Å². The van der Waals surface area contributed by atoms with Gasteiger partial charge in [0, 0.05) is 22.0 Å². The molecular formula is C14H19BF4O4S. The van der Waals surface area contributed by atoms with Crippen LogP contribution in [0.25, 0.3) is 0 Å². The summed E-state index contributed by atoms with van der Waals surface area (Å²) in [6, 6.07) is 6.76. The van der Waals surface area contributed by atoms with Crippen LogP contribution < -0.4 is 0 Å². The maximum Gasteiger partial charge on any atom is 0.673 e. The van der Waals surface area contributed by atoms with Gasteiger partial charge < -0.3 is 27.5 Å². The molecule has 0 unspecified atom stereocenters. The number of rotatable bonds is 8. The van der Waals surface area contributed by atoms with Crippen molar-refractivity contribution >= 4 is 29.7 Å². The highest BCUT2D eigenvalue weighted by Crippen LogP contribution is 2.12. The van der Waals surface area contributed by atoms with E-state index >= 15 is 0 Å². The van der Waals surface area contributed by atoms with E-state index in [1.54, 1.807) is 24.3 Å². The predicted molar refractivity (Wildman–Crippen MR) is 87.1 cm³/mol. The molecule has 4 nitrogen and oxygen atoms in total. The minimum atomic E-state index is -6.00. The highest BCUT2D eigenvalue weighted by molar-refractivity contribution is 7.97. The number of carbonyl (C=O) groups excluding carboxylic acids is 2. The summed E-state index contributed by atoms with van der Waals surface area (Å²) >= 11 is 0. The Morgan fingerprint density at radius 1 is 1.00 bits per heavy atom. The number of aliphatic hydroxyl groups is 2. The van der Waals surface area contributed by atoms with Gasteiger partial charge in [-0.15, -0.1) is 0 Å². The molecule has 0 saturated carbocycles. The van der Waals surface area contributed by atoms with Gasteiger partial charge in [-0.2, -0.15) is 0 Å². The molecule has 136 valence electrons. The topological polar surface area (TPSA) is 74.6 Å². The summed E-state index contributed by atoms with van der Waals surface area (Å²) in [4.78, 5) is 23.7. The molecule has 0 atom stereocenters. The number of hydrogen-bond donors (Lipinski definition) is 2. The fourth-order valence-corrected chi connectivity index (χ4v) is 3.34. The lowest BCUT2D eigenvalue weighted by Gasteiger charge is -2.08. The highest BCUT2D eigenvalue weighted by atomic mass is 32.2. The van der Waals surface area contributed by atoms with Gasteiger partial charge in [-0.25, -0.2) is 0 Å². The largest absolute Gasteiger partial charge is 0.673 e. The molecule has 0 amide bonds. The summed E-state index contributed by atoms with van der Waals surface area (Å²) < 4.78 is 39.0. The summed E-state index contributed by atoms with van der Waals surface area (Å²) in [5, 5.41) is 17.9. The molecule has 0 aromatic heterocycles. The lowest BCUT2D eigenvalue weighted by molar-refractivity contribution is 0.0983. The van der Waals surface area contributed by atoms with E-state index < -0.39 is 7.25 Å². The molecule has 24 heavy (non-hydrogen) atoms. The van der Waals surface area contributed by atoms with Crippen molar-refractivity contribution in [2.45, 2.75) is 6.92 Å². The van der Waals surface area contributed by atoms with Gasteiger partial charge >= 0.3 is 7.25 Å². The standard InChI is InChI=1S/C14H19O4S.BF4/c1-11(17)12-4-2-3-5-13(12)14(18)10-19(8-6-15)9-7-16;2-1(3,4)5/h2-5,15-16H,6-10H2,1H3;/q+1;-1. The monoisotopic (exact) mass is 370 g/mol. The Morgan fingerprint density at radius 3 is 1.79 bits per heavy atom. The van der Waals surface area contributed by atoms with E-state index in [-0.39, 0.29) is 41.4 Å². The second kappa shape index (κ2) is 11.2. The van der Waals surface area contributed by atoms with Gasteiger partial charge in [0.1, 0.15) is 11.5 Å². The van der Waals surface area contributed by atoms with Gasteiger partial charge in [0.05, 0.1) is 13.2 Å². The molecule has 1 rings (SSSR count). The fourth-order valence-electron chi connectivity index (χ4n) is 1.80. The van der Waals surface area contributed by atoms with E-state index in [1.165, 1.54) is 6.92 Å². The van der Waals surface area contributed by atoms with E-state index in [0.29, 0.717) is 22.6 Å². The predicted octanol–water partition coefficient (Wildman–Crippen LogP) is 1.97. The Morgan fingerprint density at radius 2 is 1.42 bits per heavy atom. The van der Waals surface area contributed by atoms with Gasteiger partial charge in [-0.05, 0) is 6.92 Å². The zero-order valence-electron chi connectivity index (χ0n) is 13.1. The summed E-state index contributed by atoms with van der Waals surface area (Å²) in [7, 11) is -6.34. The van der Waals surface area contributed by atoms with Crippen molar-refractivity contribution in [1.82, 2.24) is 0 Å². The van der Waals surface area contributed by atoms with Crippen LogP contribution in [0.4, 0.5) is 17.3 Å². The number of ketones is 2. The first-order valence-corrected chi connectivity index (χ1v) is 8.69. The highest BCUT2D eigenvalue weighted by Gasteiger charge is 2.24. The first-order chi connectivity index (χ1) is 11.1. The second-order valence-electron chi connectivity index (χ2n) is 4.63. The molecule has 0 fully saturated rings. The Balaban J connectivity index is 0.000000922. The first kappa shape index (κ1) is 22.6. The summed E-state index contributed by atoms with van der Waals surface area (Å²) in [5.41, 5.74) is 0.868. The van der Waals surface area contributed by atoms with E-state index in [2.05, 4.69) is 0 Å². The van der Waals surface area contributed by atoms with Crippen LogP contribution in [0.15, 0.2) is 24.3 Å². The number of Topliss-reactive ketones (excluding diaryl/α,β-unsaturated/α-hetero) is 2. The normalized spacial score (nSPS) is 11.0. The van der Waals surface area contributed by atoms with Crippen molar-refractivity contribution in [3.8, 4) is 0 Å². The van der Waals surface area contributed by atoms with Gasteiger partial charge in [0.25, 0.3) is 0 Å². The average Bonchev–Trinajstić information content (AvgIpc) is 2.46. The van der Waals surface area contributed by atoms with Gasteiger partial charge in [-0.3, -0.25) is 9.59 Å². The summed E-state index contributed by atoms with van der Waals surface area (Å²) in [6.45, 7) is 1.45. The SMILES string of the molecule is CC(=O)c1ccccc1C(=O)C[S+](CCO)CCO.F[B-](F)(F)F. The quantitative estimate of drug-likeness (QED) is 0.318. The van der Waals surface area contributed by atoms with E-state index in [4.69, 9.17) is 10.2 Å². The summed E-state index contributed by atoms with van der Waals surface area (Å²) in [6.07, 6.45) is 0. The first-order valence-electron chi connectivity index (χ1n) is 6.96. The maximum absolute atomic E-state index is 12.2. The second-order valence-corrected chi connectivity index (χ2v) is 6.96. The van der Waals surface area contributed by atoms with E-state index in [9.17, 15) is 26.9 Å². The number of halogens is 4. The van der Waals surface area contributed by atoms with Gasteiger partial charge in [-0.1, -0.05) is 24.3 Å². The fraction of sp³-hybridized carbons (Fsp3) is 0.429. The Labute approximate surface area is 140 Å². The number of aliphatic hydroxyl groups excluding tert-OH is 2. The minimum Gasteiger partial charge on any atom is -0.418 e. The smallest absolute Gasteiger partial charge is 0.418 e. The number of hydrogen-bond acceptors (Lipinski definition) is 4. The van der Waals surface area contributed by atoms with Gasteiger partial charge in [0.2, 0.25) is 5.78 Å². The molecule has 0 spiro atoms. The molecule has 0 bridgehead atoms. The lowest BCUT2D eigenvalue weighted by Crippen LogP contribution is -2.26.